The fourth-order valence-corrected chi connectivity index (χ4v) is 3.27. The van der Waals surface area contributed by atoms with Crippen LogP contribution >= 0.6 is 23.2 Å². The number of amides is 1. The molecule has 156 valence electrons. The van der Waals surface area contributed by atoms with Gasteiger partial charge in [0.05, 0.1) is 13.1 Å². The molecule has 0 atom stereocenters. The zero-order valence-electron chi connectivity index (χ0n) is 17.1. The van der Waals surface area contributed by atoms with Crippen LogP contribution in [0.4, 0.5) is 4.79 Å². The molecule has 30 heavy (non-hydrogen) atoms. The molecule has 0 aromatic heterocycles. The van der Waals surface area contributed by atoms with Crippen molar-refractivity contribution in [2.45, 2.75) is 26.4 Å². The molecule has 4 nitrogen and oxygen atoms in total. The maximum absolute atomic E-state index is 13.2. The van der Waals surface area contributed by atoms with Crippen LogP contribution in [0, 0.1) is 0 Å². The Morgan fingerprint density at radius 3 is 1.63 bits per heavy atom. The highest BCUT2D eigenvalue weighted by Crippen LogP contribution is 2.24. The SMILES string of the molecule is CC(C)(C)OC(=O)N1C/C(=C\c2ccc(Cl)cc2)C(=O)/C(=C/c2ccc(Cl)cc2)C1. The van der Waals surface area contributed by atoms with E-state index in [0.717, 1.165) is 11.1 Å². The Labute approximate surface area is 186 Å². The second-order valence-electron chi connectivity index (χ2n) is 8.11. The molecule has 6 heteroatoms. The minimum Gasteiger partial charge on any atom is -0.444 e. The largest absolute Gasteiger partial charge is 0.444 e. The van der Waals surface area contributed by atoms with Crippen molar-refractivity contribution in [2.24, 2.45) is 0 Å². The maximum Gasteiger partial charge on any atom is 0.410 e. The molecule has 0 saturated carbocycles. The molecule has 0 N–H and O–H groups in total. The van der Waals surface area contributed by atoms with E-state index >= 15 is 0 Å². The summed E-state index contributed by atoms with van der Waals surface area (Å²) in [7, 11) is 0. The number of piperidine rings is 1. The molecule has 2 aromatic rings. The first kappa shape index (κ1) is 22.1. The average Bonchev–Trinajstić information content (AvgIpc) is 2.67. The van der Waals surface area contributed by atoms with Crippen LogP contribution in [-0.2, 0) is 9.53 Å². The Morgan fingerprint density at radius 2 is 1.27 bits per heavy atom. The second kappa shape index (κ2) is 9.07. The standard InChI is InChI=1S/C24H23Cl2NO3/c1-24(2,3)30-23(29)27-14-18(12-16-4-8-20(25)9-5-16)22(28)19(15-27)13-17-6-10-21(26)11-7-17/h4-13H,14-15H2,1-3H3/b18-12+,19-13+. The summed E-state index contributed by atoms with van der Waals surface area (Å²) in [6, 6.07) is 14.4. The van der Waals surface area contributed by atoms with E-state index in [1.54, 1.807) is 36.4 Å². The van der Waals surface area contributed by atoms with Gasteiger partial charge >= 0.3 is 6.09 Å². The molecule has 0 radical (unpaired) electrons. The first-order valence-corrected chi connectivity index (χ1v) is 10.3. The molecule has 1 amide bonds. The van der Waals surface area contributed by atoms with Gasteiger partial charge in [0.1, 0.15) is 5.60 Å². The van der Waals surface area contributed by atoms with E-state index in [0.29, 0.717) is 21.2 Å². The summed E-state index contributed by atoms with van der Waals surface area (Å²) in [5.41, 5.74) is 2.06. The Kier molecular flexibility index (Phi) is 6.69. The van der Waals surface area contributed by atoms with Gasteiger partial charge in [-0.3, -0.25) is 9.69 Å². The third-order valence-corrected chi connectivity index (χ3v) is 4.88. The molecule has 1 aliphatic rings. The lowest BCUT2D eigenvalue weighted by atomic mass is 9.94. The first-order chi connectivity index (χ1) is 14.1. The normalized spacial score (nSPS) is 17.5. The molecule has 1 aliphatic heterocycles. The zero-order valence-corrected chi connectivity index (χ0v) is 18.6. The molecule has 1 saturated heterocycles. The number of hydrogen-bond donors (Lipinski definition) is 0. The summed E-state index contributed by atoms with van der Waals surface area (Å²) in [5.74, 6) is -0.0975. The molecule has 1 heterocycles. The van der Waals surface area contributed by atoms with Crippen LogP contribution in [-0.4, -0.2) is 35.5 Å². The highest BCUT2D eigenvalue weighted by atomic mass is 35.5. The number of nitrogens with zero attached hydrogens (tertiary/aromatic N) is 1. The molecule has 0 bridgehead atoms. The van der Waals surface area contributed by atoms with Gasteiger partial charge in [-0.05, 0) is 68.3 Å². The van der Waals surface area contributed by atoms with Crippen LogP contribution in [0.1, 0.15) is 31.9 Å². The third kappa shape index (κ3) is 5.97. The topological polar surface area (TPSA) is 46.6 Å². The van der Waals surface area contributed by atoms with Gasteiger partial charge in [-0.1, -0.05) is 47.5 Å². The zero-order chi connectivity index (χ0) is 21.9. The van der Waals surface area contributed by atoms with E-state index in [-0.39, 0.29) is 18.9 Å². The minimum atomic E-state index is -0.626. The number of carbonyl (C=O) groups excluding carboxylic acids is 2. The summed E-state index contributed by atoms with van der Waals surface area (Å²) >= 11 is 11.9. The van der Waals surface area contributed by atoms with Crippen molar-refractivity contribution in [1.82, 2.24) is 4.90 Å². The number of hydrogen-bond acceptors (Lipinski definition) is 3. The van der Waals surface area contributed by atoms with E-state index < -0.39 is 11.7 Å². The average molecular weight is 444 g/mol. The first-order valence-electron chi connectivity index (χ1n) is 9.56. The summed E-state index contributed by atoms with van der Waals surface area (Å²) in [6.45, 7) is 5.79. The van der Waals surface area contributed by atoms with Gasteiger partial charge in [0.15, 0.2) is 5.78 Å². The van der Waals surface area contributed by atoms with Crippen molar-refractivity contribution < 1.29 is 14.3 Å². The lowest BCUT2D eigenvalue weighted by Gasteiger charge is -2.32. The van der Waals surface area contributed by atoms with Crippen molar-refractivity contribution in [3.05, 3.63) is 80.8 Å². The molecule has 2 aromatic carbocycles. The molecular formula is C24H23Cl2NO3. The van der Waals surface area contributed by atoms with Crippen molar-refractivity contribution in [1.29, 1.82) is 0 Å². The summed E-state index contributed by atoms with van der Waals surface area (Å²) in [6.07, 6.45) is 3.11. The molecule has 0 aliphatic carbocycles. The van der Waals surface area contributed by atoms with E-state index in [2.05, 4.69) is 0 Å². The Hall–Kier alpha value is -2.56. The van der Waals surface area contributed by atoms with Crippen LogP contribution in [0.5, 0.6) is 0 Å². The highest BCUT2D eigenvalue weighted by Gasteiger charge is 2.31. The van der Waals surface area contributed by atoms with Crippen LogP contribution in [0.15, 0.2) is 59.7 Å². The predicted octanol–water partition coefficient (Wildman–Crippen LogP) is 6.28. The summed E-state index contributed by atoms with van der Waals surface area (Å²) < 4.78 is 5.53. The molecule has 0 spiro atoms. The van der Waals surface area contributed by atoms with E-state index in [9.17, 15) is 9.59 Å². The van der Waals surface area contributed by atoms with Gasteiger partial charge in [0, 0.05) is 21.2 Å². The lowest BCUT2D eigenvalue weighted by molar-refractivity contribution is -0.113. The quantitative estimate of drug-likeness (QED) is 0.512. The number of Topliss-reactive ketones (excluding diaryl/α,β-unsaturated/α-hetero) is 1. The Morgan fingerprint density at radius 1 is 0.867 bits per heavy atom. The second-order valence-corrected chi connectivity index (χ2v) is 8.98. The lowest BCUT2D eigenvalue weighted by Crippen LogP contribution is -2.44. The molecule has 3 rings (SSSR count). The van der Waals surface area contributed by atoms with E-state index in [1.165, 1.54) is 4.90 Å². The smallest absolute Gasteiger partial charge is 0.410 e. The van der Waals surface area contributed by atoms with Crippen molar-refractivity contribution in [2.75, 3.05) is 13.1 Å². The summed E-state index contributed by atoms with van der Waals surface area (Å²) in [4.78, 5) is 27.4. The molecular weight excluding hydrogens is 421 g/mol. The van der Waals surface area contributed by atoms with Gasteiger partial charge < -0.3 is 4.74 Å². The van der Waals surface area contributed by atoms with E-state index in [1.807, 2.05) is 45.0 Å². The highest BCUT2D eigenvalue weighted by molar-refractivity contribution is 6.30. The number of carbonyl (C=O) groups is 2. The van der Waals surface area contributed by atoms with Crippen molar-refractivity contribution >= 4 is 47.2 Å². The number of rotatable bonds is 2. The Bertz CT molecular complexity index is 933. The Balaban J connectivity index is 1.97. The van der Waals surface area contributed by atoms with Gasteiger partial charge in [-0.2, -0.15) is 0 Å². The fourth-order valence-electron chi connectivity index (χ4n) is 3.02. The van der Waals surface area contributed by atoms with Crippen LogP contribution < -0.4 is 0 Å². The van der Waals surface area contributed by atoms with Crippen molar-refractivity contribution in [3.8, 4) is 0 Å². The fraction of sp³-hybridized carbons (Fsp3) is 0.250. The van der Waals surface area contributed by atoms with Gasteiger partial charge in [0.2, 0.25) is 0 Å². The number of ketones is 1. The monoisotopic (exact) mass is 443 g/mol. The number of ether oxygens (including phenoxy) is 1. The predicted molar refractivity (Wildman–Crippen MR) is 122 cm³/mol. The van der Waals surface area contributed by atoms with Gasteiger partial charge in [-0.25, -0.2) is 4.79 Å². The van der Waals surface area contributed by atoms with E-state index in [4.69, 9.17) is 27.9 Å². The van der Waals surface area contributed by atoms with Gasteiger partial charge in [0.25, 0.3) is 0 Å². The molecule has 0 unspecified atom stereocenters. The number of benzene rings is 2. The van der Waals surface area contributed by atoms with Crippen LogP contribution in [0.2, 0.25) is 10.0 Å². The number of likely N-dealkylation sites (tertiary alicyclic amines) is 1. The number of halogens is 2. The summed E-state index contributed by atoms with van der Waals surface area (Å²) in [5, 5.41) is 1.23. The van der Waals surface area contributed by atoms with Crippen molar-refractivity contribution in [3.63, 3.8) is 0 Å². The minimum absolute atomic E-state index is 0.0975. The third-order valence-electron chi connectivity index (χ3n) is 4.38. The van der Waals surface area contributed by atoms with Gasteiger partial charge in [-0.15, -0.1) is 0 Å². The molecule has 1 fully saturated rings. The maximum atomic E-state index is 13.2. The van der Waals surface area contributed by atoms with Crippen LogP contribution in [0.25, 0.3) is 12.2 Å². The van der Waals surface area contributed by atoms with Crippen LogP contribution in [0.3, 0.4) is 0 Å².